The zero-order valence-corrected chi connectivity index (χ0v) is 23.6. The molecule has 224 valence electrons. The second-order valence-electron chi connectivity index (χ2n) is 10.4. The number of nitrogens with zero attached hydrogens (tertiary/aromatic N) is 1. The van der Waals surface area contributed by atoms with E-state index in [0.717, 1.165) is 19.3 Å². The van der Waals surface area contributed by atoms with Crippen molar-refractivity contribution >= 4 is 17.7 Å². The molecule has 0 saturated heterocycles. The molecule has 1 unspecified atom stereocenters. The Morgan fingerprint density at radius 1 is 0.974 bits per heavy atom. The number of allylic oxidation sites excluding steroid dienone is 2. The summed E-state index contributed by atoms with van der Waals surface area (Å²) in [6.45, 7) is 3.46. The first-order valence-corrected chi connectivity index (χ1v) is 14.4. The molecule has 0 spiro atoms. The highest BCUT2D eigenvalue weighted by atomic mass is 16.9. The first kappa shape index (κ1) is 34.5. The van der Waals surface area contributed by atoms with Crippen LogP contribution < -0.4 is 5.32 Å². The Morgan fingerprint density at radius 2 is 1.69 bits per heavy atom. The number of Topliss-reactive ketones (excluding diaryl/α,β-unsaturated/α-hetero) is 1. The third kappa shape index (κ3) is 15.6. The van der Waals surface area contributed by atoms with Gasteiger partial charge in [0.15, 0.2) is 0 Å². The van der Waals surface area contributed by atoms with Gasteiger partial charge in [-0.15, -0.1) is 10.1 Å². The molecule has 0 aromatic rings. The van der Waals surface area contributed by atoms with E-state index in [0.29, 0.717) is 44.9 Å². The third-order valence-corrected chi connectivity index (χ3v) is 7.15. The van der Waals surface area contributed by atoms with Gasteiger partial charge in [-0.1, -0.05) is 44.8 Å². The normalized spacial score (nSPS) is 21.5. The van der Waals surface area contributed by atoms with E-state index in [1.807, 2.05) is 12.2 Å². The number of hydrogen-bond acceptors (Lipinski definition) is 9. The van der Waals surface area contributed by atoms with Crippen molar-refractivity contribution in [3.05, 3.63) is 22.3 Å². The topological polar surface area (TPSA) is 165 Å². The third-order valence-electron chi connectivity index (χ3n) is 7.15. The number of amides is 1. The number of ether oxygens (including phenoxy) is 1. The summed E-state index contributed by atoms with van der Waals surface area (Å²) >= 11 is 0. The molecule has 11 nitrogen and oxygen atoms in total. The van der Waals surface area contributed by atoms with Crippen molar-refractivity contribution in [3.8, 4) is 0 Å². The number of rotatable bonds is 22. The fourth-order valence-electron chi connectivity index (χ4n) is 4.90. The van der Waals surface area contributed by atoms with Gasteiger partial charge >= 0.3 is 5.97 Å². The number of esters is 1. The maximum Gasteiger partial charge on any atom is 0.328 e. The van der Waals surface area contributed by atoms with Crippen LogP contribution in [0.25, 0.3) is 0 Å². The van der Waals surface area contributed by atoms with Gasteiger partial charge in [0, 0.05) is 25.7 Å². The first-order valence-electron chi connectivity index (χ1n) is 14.4. The summed E-state index contributed by atoms with van der Waals surface area (Å²) < 4.78 is 4.95. The number of aliphatic hydroxyl groups excluding tert-OH is 2. The summed E-state index contributed by atoms with van der Waals surface area (Å²) in [5.41, 5.74) is 0. The Bertz CT molecular complexity index is 774. The molecule has 1 saturated carbocycles. The van der Waals surface area contributed by atoms with Crippen LogP contribution in [0.15, 0.2) is 12.2 Å². The lowest BCUT2D eigenvalue weighted by molar-refractivity contribution is -0.757. The summed E-state index contributed by atoms with van der Waals surface area (Å²) in [6, 6.07) is -0.829. The molecular formula is C28H48N2O9. The molecule has 1 amide bonds. The standard InChI is InChI=1S/C28H48N2O9/c1-3-4-5-6-9-13-22(31)16-17-24-23(25(32)20-26(24)33)14-10-7-8-11-15-27(34)29-21(2)28(35)38-18-12-19-39-30(36)37/h7,10,21,23-26,32-33H,3-6,8-9,11-20H2,1-2H3,(H,29,34)/b10-7-/t21?,23-,24-,25+,26-/m1/s1. The largest absolute Gasteiger partial charge is 0.464 e. The summed E-state index contributed by atoms with van der Waals surface area (Å²) in [5, 5.41) is 32.5. The summed E-state index contributed by atoms with van der Waals surface area (Å²) in [6.07, 6.45) is 12.5. The Labute approximate surface area is 231 Å². The van der Waals surface area contributed by atoms with Crippen LogP contribution in [0.1, 0.15) is 104 Å². The van der Waals surface area contributed by atoms with Crippen LogP contribution in [0.4, 0.5) is 0 Å². The minimum Gasteiger partial charge on any atom is -0.464 e. The van der Waals surface area contributed by atoms with Gasteiger partial charge in [0.1, 0.15) is 11.8 Å². The molecule has 39 heavy (non-hydrogen) atoms. The number of aliphatic hydroxyl groups is 2. The van der Waals surface area contributed by atoms with Crippen LogP contribution in [0.2, 0.25) is 0 Å². The van der Waals surface area contributed by atoms with Gasteiger partial charge in [-0.3, -0.25) is 9.59 Å². The van der Waals surface area contributed by atoms with Crippen molar-refractivity contribution in [3.63, 3.8) is 0 Å². The molecule has 0 aromatic heterocycles. The number of unbranched alkanes of at least 4 members (excludes halogenated alkanes) is 5. The van der Waals surface area contributed by atoms with E-state index in [9.17, 15) is 34.7 Å². The van der Waals surface area contributed by atoms with Crippen molar-refractivity contribution in [1.29, 1.82) is 0 Å². The lowest BCUT2D eigenvalue weighted by atomic mass is 9.86. The minimum atomic E-state index is -0.916. The van der Waals surface area contributed by atoms with Gasteiger partial charge in [-0.25, -0.2) is 4.79 Å². The fourth-order valence-corrected chi connectivity index (χ4v) is 4.90. The average molecular weight is 557 g/mol. The van der Waals surface area contributed by atoms with E-state index in [1.54, 1.807) is 0 Å². The summed E-state index contributed by atoms with van der Waals surface area (Å²) in [4.78, 5) is 50.4. The van der Waals surface area contributed by atoms with E-state index in [1.165, 1.54) is 19.8 Å². The molecule has 0 aliphatic heterocycles. The number of carbonyl (C=O) groups is 3. The molecule has 1 aliphatic carbocycles. The predicted octanol–water partition coefficient (Wildman–Crippen LogP) is 3.82. The maximum absolute atomic E-state index is 12.3. The Hall–Kier alpha value is -2.53. The summed E-state index contributed by atoms with van der Waals surface area (Å²) in [5.74, 6) is -0.854. The molecule has 1 fully saturated rings. The first-order chi connectivity index (χ1) is 18.6. The zero-order valence-electron chi connectivity index (χ0n) is 23.6. The van der Waals surface area contributed by atoms with Gasteiger partial charge < -0.3 is 25.1 Å². The molecule has 11 heteroatoms. The highest BCUT2D eigenvalue weighted by molar-refractivity contribution is 5.84. The van der Waals surface area contributed by atoms with Crippen LogP contribution in [-0.2, 0) is 24.0 Å². The average Bonchev–Trinajstić information content (AvgIpc) is 3.15. The van der Waals surface area contributed by atoms with Crippen molar-refractivity contribution < 1.29 is 39.3 Å². The molecule has 3 N–H and O–H groups in total. The number of nitrogens with one attached hydrogen (secondary N) is 1. The van der Waals surface area contributed by atoms with Gasteiger partial charge in [-0.05, 0) is 57.3 Å². The van der Waals surface area contributed by atoms with E-state index < -0.39 is 29.3 Å². The van der Waals surface area contributed by atoms with Crippen molar-refractivity contribution in [2.75, 3.05) is 13.2 Å². The number of ketones is 1. The fraction of sp³-hybridized carbons (Fsp3) is 0.821. The number of carbonyl (C=O) groups excluding carboxylic acids is 3. The van der Waals surface area contributed by atoms with E-state index in [4.69, 9.17) is 4.74 Å². The minimum absolute atomic E-state index is 0.0410. The number of hydrogen-bond donors (Lipinski definition) is 3. The molecule has 0 radical (unpaired) electrons. The van der Waals surface area contributed by atoms with Gasteiger partial charge in [-0.2, -0.15) is 0 Å². The summed E-state index contributed by atoms with van der Waals surface area (Å²) in [7, 11) is 0. The Balaban J connectivity index is 2.26. The van der Waals surface area contributed by atoms with Crippen LogP contribution >= 0.6 is 0 Å². The molecular weight excluding hydrogens is 508 g/mol. The van der Waals surface area contributed by atoms with E-state index in [2.05, 4.69) is 17.1 Å². The SMILES string of the molecule is CCCCCCCC(=O)CC[C@@H]1[C@@H](C/C=C\CCCC(=O)NC(C)C(=O)OCCCO[N+](=O)[O-])[C@@H](O)C[C@H]1O. The Kier molecular flexibility index (Phi) is 18.0. The van der Waals surface area contributed by atoms with Crippen molar-refractivity contribution in [1.82, 2.24) is 5.32 Å². The van der Waals surface area contributed by atoms with Crippen LogP contribution in [0.5, 0.6) is 0 Å². The van der Waals surface area contributed by atoms with E-state index in [-0.39, 0.29) is 49.6 Å². The monoisotopic (exact) mass is 556 g/mol. The molecule has 5 atom stereocenters. The Morgan fingerprint density at radius 3 is 2.41 bits per heavy atom. The van der Waals surface area contributed by atoms with Gasteiger partial charge in [0.05, 0.1) is 25.4 Å². The second kappa shape index (κ2) is 20.4. The highest BCUT2D eigenvalue weighted by Gasteiger charge is 2.40. The molecule has 1 rings (SSSR count). The molecule has 1 aliphatic rings. The zero-order chi connectivity index (χ0) is 29.0. The molecule has 0 bridgehead atoms. The quantitative estimate of drug-likeness (QED) is 0.0591. The van der Waals surface area contributed by atoms with Crippen molar-refractivity contribution in [2.45, 2.75) is 122 Å². The van der Waals surface area contributed by atoms with E-state index >= 15 is 0 Å². The molecule has 0 aromatic carbocycles. The van der Waals surface area contributed by atoms with Crippen molar-refractivity contribution in [2.24, 2.45) is 11.8 Å². The lowest BCUT2D eigenvalue weighted by Gasteiger charge is -2.22. The predicted molar refractivity (Wildman–Crippen MR) is 145 cm³/mol. The van der Waals surface area contributed by atoms with Crippen LogP contribution in [0, 0.1) is 22.0 Å². The van der Waals surface area contributed by atoms with Crippen LogP contribution in [-0.4, -0.2) is 64.4 Å². The van der Waals surface area contributed by atoms with Crippen LogP contribution in [0.3, 0.4) is 0 Å². The molecule has 0 heterocycles. The van der Waals surface area contributed by atoms with Gasteiger partial charge in [0.2, 0.25) is 5.91 Å². The smallest absolute Gasteiger partial charge is 0.328 e. The van der Waals surface area contributed by atoms with Gasteiger partial charge in [0.25, 0.3) is 5.09 Å². The highest BCUT2D eigenvalue weighted by Crippen LogP contribution is 2.38. The lowest BCUT2D eigenvalue weighted by Crippen LogP contribution is -2.39. The second-order valence-corrected chi connectivity index (χ2v) is 10.4. The maximum atomic E-state index is 12.3.